The van der Waals surface area contributed by atoms with Crippen LogP contribution in [0.1, 0.15) is 5.69 Å². The standard InChI is InChI=1S/C7H9N5S/c1-12-7(8-5-10-12)13-4-6-2-3-9-11-6/h2-3,5H,4H2,1H3,(H,9,11). The number of rotatable bonds is 3. The summed E-state index contributed by atoms with van der Waals surface area (Å²) in [6.07, 6.45) is 3.29. The van der Waals surface area contributed by atoms with Crippen LogP contribution in [0.5, 0.6) is 0 Å². The maximum absolute atomic E-state index is 4.10. The van der Waals surface area contributed by atoms with Crippen LogP contribution in [0.4, 0.5) is 0 Å². The lowest BCUT2D eigenvalue weighted by Crippen LogP contribution is -1.93. The Morgan fingerprint density at radius 2 is 2.54 bits per heavy atom. The molecule has 1 N–H and O–H groups in total. The van der Waals surface area contributed by atoms with Crippen LogP contribution in [0.2, 0.25) is 0 Å². The van der Waals surface area contributed by atoms with Gasteiger partial charge >= 0.3 is 0 Å². The lowest BCUT2D eigenvalue weighted by molar-refractivity contribution is 0.685. The van der Waals surface area contributed by atoms with Gasteiger partial charge in [-0.2, -0.15) is 10.2 Å². The number of nitrogens with one attached hydrogen (secondary N) is 1. The molecule has 0 atom stereocenters. The van der Waals surface area contributed by atoms with Gasteiger partial charge in [0.2, 0.25) is 0 Å². The minimum Gasteiger partial charge on any atom is -0.282 e. The average Bonchev–Trinajstić information content (AvgIpc) is 2.72. The summed E-state index contributed by atoms with van der Waals surface area (Å²) < 4.78 is 1.75. The highest BCUT2D eigenvalue weighted by Gasteiger charge is 2.01. The molecule has 0 aliphatic heterocycles. The van der Waals surface area contributed by atoms with E-state index >= 15 is 0 Å². The summed E-state index contributed by atoms with van der Waals surface area (Å²) in [5, 5.41) is 11.6. The van der Waals surface area contributed by atoms with E-state index < -0.39 is 0 Å². The van der Waals surface area contributed by atoms with Crippen molar-refractivity contribution in [1.29, 1.82) is 0 Å². The van der Waals surface area contributed by atoms with Crippen LogP contribution in [0, 0.1) is 0 Å². The van der Waals surface area contributed by atoms with E-state index in [2.05, 4.69) is 20.3 Å². The Bertz CT molecular complexity index is 366. The Hall–Kier alpha value is -1.30. The van der Waals surface area contributed by atoms with Gasteiger partial charge in [-0.25, -0.2) is 9.67 Å². The average molecular weight is 195 g/mol. The van der Waals surface area contributed by atoms with Crippen LogP contribution in [0.3, 0.4) is 0 Å². The van der Waals surface area contributed by atoms with E-state index in [0.29, 0.717) is 0 Å². The van der Waals surface area contributed by atoms with Gasteiger partial charge in [0.15, 0.2) is 5.16 Å². The van der Waals surface area contributed by atoms with Crippen molar-refractivity contribution in [1.82, 2.24) is 25.0 Å². The number of aryl methyl sites for hydroxylation is 1. The summed E-state index contributed by atoms with van der Waals surface area (Å²) in [6.45, 7) is 0. The van der Waals surface area contributed by atoms with Crippen molar-refractivity contribution in [3.63, 3.8) is 0 Å². The van der Waals surface area contributed by atoms with Crippen LogP contribution in [-0.4, -0.2) is 25.0 Å². The molecule has 68 valence electrons. The van der Waals surface area contributed by atoms with E-state index in [4.69, 9.17) is 0 Å². The Morgan fingerprint density at radius 3 is 3.15 bits per heavy atom. The summed E-state index contributed by atoms with van der Waals surface area (Å²) in [7, 11) is 1.88. The van der Waals surface area contributed by atoms with Crippen LogP contribution >= 0.6 is 11.8 Å². The van der Waals surface area contributed by atoms with Gasteiger partial charge in [-0.15, -0.1) is 0 Å². The van der Waals surface area contributed by atoms with Crippen molar-refractivity contribution in [3.05, 3.63) is 24.3 Å². The minimum absolute atomic E-state index is 0.840. The van der Waals surface area contributed by atoms with Gasteiger partial charge < -0.3 is 0 Å². The molecule has 0 unspecified atom stereocenters. The zero-order valence-corrected chi connectivity index (χ0v) is 7.95. The maximum atomic E-state index is 4.10. The van der Waals surface area contributed by atoms with Gasteiger partial charge in [-0.1, -0.05) is 11.8 Å². The second-order valence-corrected chi connectivity index (χ2v) is 3.48. The molecule has 13 heavy (non-hydrogen) atoms. The molecule has 6 heteroatoms. The van der Waals surface area contributed by atoms with E-state index in [-0.39, 0.29) is 0 Å². The molecule has 0 fully saturated rings. The fraction of sp³-hybridized carbons (Fsp3) is 0.286. The topological polar surface area (TPSA) is 59.4 Å². The summed E-state index contributed by atoms with van der Waals surface area (Å²) in [6, 6.07) is 1.95. The second-order valence-electron chi connectivity index (χ2n) is 2.54. The molecular formula is C7H9N5S. The zero-order valence-electron chi connectivity index (χ0n) is 7.14. The largest absolute Gasteiger partial charge is 0.282 e. The molecule has 0 aromatic carbocycles. The number of thioether (sulfide) groups is 1. The predicted molar refractivity (Wildman–Crippen MR) is 49.2 cm³/mol. The van der Waals surface area contributed by atoms with Crippen molar-refractivity contribution < 1.29 is 0 Å². The Labute approximate surface area is 79.6 Å². The molecule has 0 amide bonds. The summed E-state index contributed by atoms with van der Waals surface area (Å²) >= 11 is 1.63. The van der Waals surface area contributed by atoms with Crippen molar-refractivity contribution in [2.24, 2.45) is 7.05 Å². The zero-order chi connectivity index (χ0) is 9.10. The van der Waals surface area contributed by atoms with Crippen molar-refractivity contribution in [2.75, 3.05) is 0 Å². The fourth-order valence-corrected chi connectivity index (χ4v) is 1.72. The Balaban J connectivity index is 1.97. The highest BCUT2D eigenvalue weighted by atomic mass is 32.2. The molecule has 5 nitrogen and oxygen atoms in total. The normalized spacial score (nSPS) is 10.5. The number of hydrogen-bond acceptors (Lipinski definition) is 4. The van der Waals surface area contributed by atoms with Crippen LogP contribution in [-0.2, 0) is 12.8 Å². The number of H-pyrrole nitrogens is 1. The first-order valence-corrected chi connectivity index (χ1v) is 4.80. The number of aromatic nitrogens is 5. The molecule has 0 aliphatic carbocycles. The van der Waals surface area contributed by atoms with E-state index in [1.807, 2.05) is 13.1 Å². The van der Waals surface area contributed by atoms with E-state index in [1.165, 1.54) is 0 Å². The highest BCUT2D eigenvalue weighted by Crippen LogP contribution is 2.17. The van der Waals surface area contributed by atoms with Crippen molar-refractivity contribution in [2.45, 2.75) is 10.9 Å². The Morgan fingerprint density at radius 1 is 1.62 bits per heavy atom. The fourth-order valence-electron chi connectivity index (χ4n) is 0.924. The summed E-state index contributed by atoms with van der Waals surface area (Å²) in [5.41, 5.74) is 1.09. The lowest BCUT2D eigenvalue weighted by atomic mass is 10.5. The third kappa shape index (κ3) is 1.89. The first-order valence-electron chi connectivity index (χ1n) is 3.81. The van der Waals surface area contributed by atoms with Gasteiger partial charge in [0.25, 0.3) is 0 Å². The molecule has 2 aromatic heterocycles. The van der Waals surface area contributed by atoms with E-state index in [9.17, 15) is 0 Å². The first kappa shape index (κ1) is 8.31. The smallest absolute Gasteiger partial charge is 0.186 e. The maximum Gasteiger partial charge on any atom is 0.186 e. The molecule has 0 saturated carbocycles. The predicted octanol–water partition coefficient (Wildman–Crippen LogP) is 0.831. The SMILES string of the molecule is Cn1ncnc1SCc1ccn[nH]1. The van der Waals surface area contributed by atoms with E-state index in [1.54, 1.807) is 29.0 Å². The minimum atomic E-state index is 0.840. The van der Waals surface area contributed by atoms with Crippen molar-refractivity contribution in [3.8, 4) is 0 Å². The second kappa shape index (κ2) is 3.61. The van der Waals surface area contributed by atoms with Gasteiger partial charge in [-0.05, 0) is 6.07 Å². The van der Waals surface area contributed by atoms with Crippen LogP contribution < -0.4 is 0 Å². The van der Waals surface area contributed by atoms with Crippen LogP contribution in [0.15, 0.2) is 23.7 Å². The molecule has 0 spiro atoms. The number of hydrogen-bond donors (Lipinski definition) is 1. The highest BCUT2D eigenvalue weighted by molar-refractivity contribution is 7.98. The monoisotopic (exact) mass is 195 g/mol. The van der Waals surface area contributed by atoms with Gasteiger partial charge in [0.1, 0.15) is 6.33 Å². The third-order valence-corrected chi connectivity index (χ3v) is 2.67. The van der Waals surface area contributed by atoms with Crippen LogP contribution in [0.25, 0.3) is 0 Å². The molecule has 2 rings (SSSR count). The molecule has 2 aromatic rings. The van der Waals surface area contributed by atoms with Gasteiger partial charge in [0, 0.05) is 24.7 Å². The quantitative estimate of drug-likeness (QED) is 0.737. The summed E-state index contributed by atoms with van der Waals surface area (Å²) in [5.74, 6) is 0.840. The molecule has 0 bridgehead atoms. The van der Waals surface area contributed by atoms with Gasteiger partial charge in [0.05, 0.1) is 0 Å². The molecule has 0 aliphatic rings. The molecule has 2 heterocycles. The lowest BCUT2D eigenvalue weighted by Gasteiger charge is -1.97. The van der Waals surface area contributed by atoms with Gasteiger partial charge in [-0.3, -0.25) is 5.10 Å². The first-order chi connectivity index (χ1) is 6.36. The molecule has 0 radical (unpaired) electrons. The van der Waals surface area contributed by atoms with Crippen molar-refractivity contribution >= 4 is 11.8 Å². The summed E-state index contributed by atoms with van der Waals surface area (Å²) in [4.78, 5) is 4.10. The number of nitrogens with zero attached hydrogens (tertiary/aromatic N) is 4. The molecule has 0 saturated heterocycles. The van der Waals surface area contributed by atoms with E-state index in [0.717, 1.165) is 16.6 Å². The third-order valence-electron chi connectivity index (χ3n) is 1.59. The Kier molecular flexibility index (Phi) is 2.31. The molecular weight excluding hydrogens is 186 g/mol. The number of aromatic amines is 1.